The van der Waals surface area contributed by atoms with E-state index in [-0.39, 0.29) is 61.7 Å². The van der Waals surface area contributed by atoms with Crippen molar-refractivity contribution in [3.63, 3.8) is 0 Å². The molecule has 2 aliphatic heterocycles. The van der Waals surface area contributed by atoms with Crippen LogP contribution in [0.4, 0.5) is 22.0 Å². The SMILES string of the molecule is O=S(=O)(CCCCCC(F)(F)F)CC[C@@H]1OCC[C@@]2(Cc3ccc(Cl)cc3)c3c(F)ccc(F)c3OC[C@@H]12. The molecule has 0 bridgehead atoms. The van der Waals surface area contributed by atoms with E-state index in [1.165, 1.54) is 0 Å². The van der Waals surface area contributed by atoms with Gasteiger partial charge in [0.15, 0.2) is 11.6 Å². The lowest BCUT2D eigenvalue weighted by atomic mass is 9.60. The first kappa shape index (κ1) is 29.1. The highest BCUT2D eigenvalue weighted by Crippen LogP contribution is 2.52. The highest BCUT2D eigenvalue weighted by Gasteiger charge is 2.53. The van der Waals surface area contributed by atoms with Crippen molar-refractivity contribution in [1.82, 2.24) is 0 Å². The van der Waals surface area contributed by atoms with Crippen LogP contribution in [-0.2, 0) is 26.4 Å². The number of fused-ring (bicyclic) bond motifs is 3. The minimum atomic E-state index is -4.25. The normalized spacial score (nSPS) is 23.4. The number of benzene rings is 2. The second kappa shape index (κ2) is 11.7. The Bertz CT molecular complexity index is 1220. The molecule has 2 aromatic rings. The van der Waals surface area contributed by atoms with Gasteiger partial charge in [-0.25, -0.2) is 17.2 Å². The highest BCUT2D eigenvalue weighted by atomic mass is 35.5. The highest BCUT2D eigenvalue weighted by molar-refractivity contribution is 7.91. The summed E-state index contributed by atoms with van der Waals surface area (Å²) in [5.74, 6) is -2.25. The molecule has 2 aliphatic rings. The molecule has 0 unspecified atom stereocenters. The van der Waals surface area contributed by atoms with Crippen molar-refractivity contribution in [3.05, 3.63) is 64.2 Å². The second-order valence-corrected chi connectivity index (χ2v) is 12.9. The summed E-state index contributed by atoms with van der Waals surface area (Å²) in [5.41, 5.74) is 0.116. The van der Waals surface area contributed by atoms with Gasteiger partial charge in [-0.3, -0.25) is 0 Å². The van der Waals surface area contributed by atoms with Crippen LogP contribution in [0.25, 0.3) is 0 Å². The van der Waals surface area contributed by atoms with Crippen molar-refractivity contribution < 1.29 is 39.8 Å². The van der Waals surface area contributed by atoms with Crippen LogP contribution in [0, 0.1) is 17.6 Å². The average molecular weight is 581 g/mol. The Hall–Kier alpha value is -1.91. The molecular weight excluding hydrogens is 551 g/mol. The Morgan fingerprint density at radius 2 is 1.68 bits per heavy atom. The van der Waals surface area contributed by atoms with E-state index >= 15 is 4.39 Å². The van der Waals surface area contributed by atoms with Gasteiger partial charge in [0, 0.05) is 34.9 Å². The van der Waals surface area contributed by atoms with Gasteiger partial charge in [0.1, 0.15) is 15.7 Å². The van der Waals surface area contributed by atoms with Crippen LogP contribution in [0.5, 0.6) is 5.75 Å². The van der Waals surface area contributed by atoms with Crippen LogP contribution in [0.2, 0.25) is 5.02 Å². The maximum absolute atomic E-state index is 15.3. The Morgan fingerprint density at radius 3 is 2.39 bits per heavy atom. The molecule has 2 aromatic carbocycles. The molecule has 38 heavy (non-hydrogen) atoms. The van der Waals surface area contributed by atoms with E-state index < -0.39 is 51.5 Å². The molecule has 2 heterocycles. The molecule has 11 heteroatoms. The standard InChI is InChI=1S/C27H30ClF5O4S/c28-19-6-4-18(5-7-19)16-26-12-13-36-23(10-15-38(34,35)14-3-1-2-11-27(31,32)33)20(26)17-37-25-22(30)9-8-21(29)24(25)26/h4-9,20,23H,1-3,10-17H2/t20-,23-,26-/m0/s1. The molecule has 0 N–H and O–H groups in total. The summed E-state index contributed by atoms with van der Waals surface area (Å²) >= 11 is 6.04. The number of halogens is 6. The summed E-state index contributed by atoms with van der Waals surface area (Å²) in [6.07, 6.45) is -4.71. The van der Waals surface area contributed by atoms with Crippen molar-refractivity contribution in [2.24, 2.45) is 5.92 Å². The van der Waals surface area contributed by atoms with Crippen molar-refractivity contribution >= 4 is 21.4 Å². The maximum Gasteiger partial charge on any atom is 0.389 e. The molecule has 0 aromatic heterocycles. The van der Waals surface area contributed by atoms with Gasteiger partial charge < -0.3 is 9.47 Å². The number of hydrogen-bond acceptors (Lipinski definition) is 4. The minimum Gasteiger partial charge on any atom is -0.490 e. The lowest BCUT2D eigenvalue weighted by molar-refractivity contribution is -0.135. The van der Waals surface area contributed by atoms with Crippen molar-refractivity contribution in [2.45, 2.75) is 62.6 Å². The Labute approximate surface area is 224 Å². The van der Waals surface area contributed by atoms with Crippen LogP contribution >= 0.6 is 11.6 Å². The lowest BCUT2D eigenvalue weighted by Crippen LogP contribution is -2.55. The predicted octanol–water partition coefficient (Wildman–Crippen LogP) is 6.82. The maximum atomic E-state index is 15.3. The van der Waals surface area contributed by atoms with Crippen LogP contribution in [-0.4, -0.2) is 45.4 Å². The number of alkyl halides is 3. The molecule has 4 nitrogen and oxygen atoms in total. The average Bonchev–Trinajstić information content (AvgIpc) is 2.85. The first-order chi connectivity index (χ1) is 17.9. The van der Waals surface area contributed by atoms with E-state index in [9.17, 15) is 26.0 Å². The zero-order valence-corrected chi connectivity index (χ0v) is 22.3. The number of sulfone groups is 1. The third-order valence-corrected chi connectivity index (χ3v) is 9.58. The molecular formula is C27H30ClF5O4S. The van der Waals surface area contributed by atoms with E-state index in [2.05, 4.69) is 0 Å². The summed E-state index contributed by atoms with van der Waals surface area (Å²) in [6, 6.07) is 9.22. The van der Waals surface area contributed by atoms with Gasteiger partial charge in [-0.2, -0.15) is 13.2 Å². The quantitative estimate of drug-likeness (QED) is 0.228. The number of unbranched alkanes of at least 4 members (excludes halogenated alkanes) is 2. The molecule has 3 atom stereocenters. The van der Waals surface area contributed by atoms with Crippen molar-refractivity contribution in [3.8, 4) is 5.75 Å². The summed E-state index contributed by atoms with van der Waals surface area (Å²) in [6.45, 7) is 0.255. The monoisotopic (exact) mass is 580 g/mol. The van der Waals surface area contributed by atoms with Gasteiger partial charge in [0.05, 0.1) is 24.2 Å². The molecule has 0 aliphatic carbocycles. The minimum absolute atomic E-state index is 0.0309. The Kier molecular flexibility index (Phi) is 8.94. The van der Waals surface area contributed by atoms with Gasteiger partial charge in [0.2, 0.25) is 0 Å². The van der Waals surface area contributed by atoms with E-state index in [0.717, 1.165) is 17.7 Å². The van der Waals surface area contributed by atoms with Gasteiger partial charge >= 0.3 is 6.18 Å². The summed E-state index contributed by atoms with van der Waals surface area (Å²) in [4.78, 5) is 0. The fourth-order valence-electron chi connectivity index (χ4n) is 5.72. The number of hydrogen-bond donors (Lipinski definition) is 0. The van der Waals surface area contributed by atoms with Crippen LogP contribution in [0.15, 0.2) is 36.4 Å². The predicted molar refractivity (Wildman–Crippen MR) is 134 cm³/mol. The first-order valence-electron chi connectivity index (χ1n) is 12.6. The van der Waals surface area contributed by atoms with Gasteiger partial charge in [-0.1, -0.05) is 30.2 Å². The van der Waals surface area contributed by atoms with E-state index in [1.54, 1.807) is 12.1 Å². The van der Waals surface area contributed by atoms with Crippen molar-refractivity contribution in [2.75, 3.05) is 24.7 Å². The molecule has 0 amide bonds. The molecule has 1 saturated heterocycles. The third kappa shape index (κ3) is 6.80. The molecule has 0 saturated carbocycles. The fraction of sp³-hybridized carbons (Fsp3) is 0.556. The Balaban J connectivity index is 1.52. The van der Waals surface area contributed by atoms with Crippen LogP contribution in [0.1, 0.15) is 49.7 Å². The zero-order chi connectivity index (χ0) is 27.6. The van der Waals surface area contributed by atoms with Crippen LogP contribution < -0.4 is 4.74 Å². The van der Waals surface area contributed by atoms with E-state index in [4.69, 9.17) is 21.1 Å². The first-order valence-corrected chi connectivity index (χ1v) is 14.8. The van der Waals surface area contributed by atoms with Gasteiger partial charge in [-0.15, -0.1) is 0 Å². The second-order valence-electron chi connectivity index (χ2n) is 10.1. The molecule has 210 valence electrons. The van der Waals surface area contributed by atoms with Crippen molar-refractivity contribution in [1.29, 1.82) is 0 Å². The molecule has 4 rings (SSSR count). The molecule has 1 fully saturated rings. The van der Waals surface area contributed by atoms with Crippen LogP contribution in [0.3, 0.4) is 0 Å². The van der Waals surface area contributed by atoms with E-state index in [0.29, 0.717) is 17.9 Å². The Morgan fingerprint density at radius 1 is 0.974 bits per heavy atom. The molecule has 0 spiro atoms. The number of rotatable bonds is 10. The summed E-state index contributed by atoms with van der Waals surface area (Å²) in [7, 11) is -3.54. The number of ether oxygens (including phenoxy) is 2. The zero-order valence-electron chi connectivity index (χ0n) is 20.7. The topological polar surface area (TPSA) is 52.6 Å². The summed E-state index contributed by atoms with van der Waals surface area (Å²) in [5, 5.41) is 0.542. The van der Waals surface area contributed by atoms with Gasteiger partial charge in [-0.05, 0) is 61.9 Å². The van der Waals surface area contributed by atoms with E-state index in [1.807, 2.05) is 12.1 Å². The lowest BCUT2D eigenvalue weighted by Gasteiger charge is -2.51. The summed E-state index contributed by atoms with van der Waals surface area (Å²) < 4.78 is 104. The fourth-order valence-corrected chi connectivity index (χ4v) is 7.28. The largest absolute Gasteiger partial charge is 0.490 e. The third-order valence-electron chi connectivity index (χ3n) is 7.56. The smallest absolute Gasteiger partial charge is 0.389 e. The van der Waals surface area contributed by atoms with Gasteiger partial charge in [0.25, 0.3) is 0 Å². The molecule has 0 radical (unpaired) electrons.